The molecule has 4 rings (SSSR count). The van der Waals surface area contributed by atoms with Crippen molar-refractivity contribution in [2.45, 2.75) is 24.6 Å². The molecule has 2 fully saturated rings. The van der Waals surface area contributed by atoms with Crippen LogP contribution in [-0.4, -0.2) is 52.0 Å². The van der Waals surface area contributed by atoms with Crippen LogP contribution in [0.2, 0.25) is 0 Å². The van der Waals surface area contributed by atoms with Gasteiger partial charge in [-0.05, 0) is 49.6 Å². The van der Waals surface area contributed by atoms with Crippen molar-refractivity contribution in [3.05, 3.63) is 65.5 Å². The number of carbonyl (C=O) groups excluding carboxylic acids is 2. The van der Waals surface area contributed by atoms with Gasteiger partial charge in [-0.3, -0.25) is 4.79 Å². The molecule has 0 saturated carbocycles. The van der Waals surface area contributed by atoms with Crippen LogP contribution in [0.5, 0.6) is 0 Å². The van der Waals surface area contributed by atoms with Crippen LogP contribution in [0, 0.1) is 12.7 Å². The van der Waals surface area contributed by atoms with Crippen LogP contribution in [0.25, 0.3) is 0 Å². The van der Waals surface area contributed by atoms with Gasteiger partial charge >= 0.3 is 6.03 Å². The Labute approximate surface area is 174 Å². The molecule has 1 spiro atoms. The average molecular weight is 414 g/mol. The summed E-state index contributed by atoms with van der Waals surface area (Å²) in [6, 6.07) is 13.3. The molecule has 0 unspecified atom stereocenters. The van der Waals surface area contributed by atoms with E-state index in [1.165, 1.54) is 12.1 Å². The molecule has 2 saturated heterocycles. The number of nitrogens with zero attached hydrogens (tertiary/aromatic N) is 2. The van der Waals surface area contributed by atoms with Crippen molar-refractivity contribution in [3.8, 4) is 0 Å². The predicted molar refractivity (Wildman–Crippen MR) is 114 cm³/mol. The minimum absolute atomic E-state index is 0.0748. The molecule has 0 aliphatic carbocycles. The van der Waals surface area contributed by atoms with Gasteiger partial charge in [0, 0.05) is 36.6 Å². The van der Waals surface area contributed by atoms with Crippen molar-refractivity contribution in [2.24, 2.45) is 0 Å². The molecule has 5 nitrogen and oxygen atoms in total. The van der Waals surface area contributed by atoms with E-state index < -0.39 is 0 Å². The predicted octanol–water partition coefficient (Wildman–Crippen LogP) is 4.35. The summed E-state index contributed by atoms with van der Waals surface area (Å²) in [5, 5.41) is 2.76. The van der Waals surface area contributed by atoms with Gasteiger partial charge in [-0.1, -0.05) is 24.3 Å². The first-order valence-electron chi connectivity index (χ1n) is 9.82. The molecule has 2 aromatic carbocycles. The second-order valence-corrected chi connectivity index (χ2v) is 8.95. The first-order valence-corrected chi connectivity index (χ1v) is 10.8. The summed E-state index contributed by atoms with van der Waals surface area (Å²) in [6.45, 7) is 3.81. The highest BCUT2D eigenvalue weighted by Gasteiger charge is 2.47. The Hall–Kier alpha value is -2.54. The zero-order valence-electron chi connectivity index (χ0n) is 16.4. The van der Waals surface area contributed by atoms with Gasteiger partial charge in [0.2, 0.25) is 0 Å². The van der Waals surface area contributed by atoms with E-state index in [4.69, 9.17) is 0 Å². The van der Waals surface area contributed by atoms with E-state index in [9.17, 15) is 14.0 Å². The summed E-state index contributed by atoms with van der Waals surface area (Å²) in [6.07, 6.45) is 1.46. The second-order valence-electron chi connectivity index (χ2n) is 7.49. The van der Waals surface area contributed by atoms with Crippen molar-refractivity contribution >= 4 is 29.4 Å². The smallest absolute Gasteiger partial charge is 0.321 e. The largest absolute Gasteiger partial charge is 0.324 e. The molecule has 2 aliphatic rings. The summed E-state index contributed by atoms with van der Waals surface area (Å²) in [5.74, 6) is 0.603. The quantitative estimate of drug-likeness (QED) is 0.797. The molecule has 152 valence electrons. The number of hydrogen-bond acceptors (Lipinski definition) is 3. The Morgan fingerprint density at radius 1 is 1.07 bits per heavy atom. The molecule has 0 radical (unpaired) electrons. The van der Waals surface area contributed by atoms with Gasteiger partial charge in [-0.15, -0.1) is 11.8 Å². The Bertz CT molecular complexity index is 928. The van der Waals surface area contributed by atoms with Gasteiger partial charge < -0.3 is 15.1 Å². The van der Waals surface area contributed by atoms with Gasteiger partial charge in [0.05, 0.1) is 4.87 Å². The van der Waals surface area contributed by atoms with Gasteiger partial charge in [-0.2, -0.15) is 0 Å². The van der Waals surface area contributed by atoms with Gasteiger partial charge in [0.15, 0.2) is 0 Å². The third-order valence-corrected chi connectivity index (χ3v) is 7.26. The van der Waals surface area contributed by atoms with Crippen LogP contribution < -0.4 is 5.32 Å². The number of aryl methyl sites for hydroxylation is 1. The second kappa shape index (κ2) is 8.06. The standard InChI is InChI=1S/C22H24FN3O2S/c1-16-5-2-3-8-19(16)20(27)26-13-14-29-22(26)9-11-25(12-10-22)21(28)24-18-7-4-6-17(23)15-18/h2-8,15H,9-14H2,1H3,(H,24,28). The summed E-state index contributed by atoms with van der Waals surface area (Å²) in [7, 11) is 0. The molecule has 2 heterocycles. The fourth-order valence-electron chi connectivity index (χ4n) is 4.10. The Morgan fingerprint density at radius 3 is 2.55 bits per heavy atom. The van der Waals surface area contributed by atoms with E-state index in [1.807, 2.05) is 47.9 Å². The number of anilines is 1. The maximum absolute atomic E-state index is 13.3. The minimum Gasteiger partial charge on any atom is -0.324 e. The third-order valence-electron chi connectivity index (χ3n) is 5.71. The van der Waals surface area contributed by atoms with Crippen LogP contribution in [0.4, 0.5) is 14.9 Å². The van der Waals surface area contributed by atoms with Crippen molar-refractivity contribution in [3.63, 3.8) is 0 Å². The van der Waals surface area contributed by atoms with Crippen molar-refractivity contribution in [1.29, 1.82) is 0 Å². The molecular weight excluding hydrogens is 389 g/mol. The number of thioether (sulfide) groups is 1. The first kappa shape index (κ1) is 19.8. The van der Waals surface area contributed by atoms with Crippen molar-refractivity contribution in [2.75, 3.05) is 30.7 Å². The van der Waals surface area contributed by atoms with E-state index >= 15 is 0 Å². The third kappa shape index (κ3) is 3.96. The monoisotopic (exact) mass is 413 g/mol. The molecule has 0 atom stereocenters. The maximum atomic E-state index is 13.3. The molecular formula is C22H24FN3O2S. The van der Waals surface area contributed by atoms with E-state index in [0.29, 0.717) is 18.8 Å². The lowest BCUT2D eigenvalue weighted by Crippen LogP contribution is -2.54. The molecule has 0 bridgehead atoms. The number of carbonyl (C=O) groups is 2. The van der Waals surface area contributed by atoms with Crippen LogP contribution >= 0.6 is 11.8 Å². The van der Waals surface area contributed by atoms with E-state index in [1.54, 1.807) is 17.0 Å². The maximum Gasteiger partial charge on any atom is 0.321 e. The number of benzene rings is 2. The highest BCUT2D eigenvalue weighted by molar-refractivity contribution is 8.00. The van der Waals surface area contributed by atoms with Gasteiger partial charge in [-0.25, -0.2) is 9.18 Å². The van der Waals surface area contributed by atoms with Crippen LogP contribution in [0.3, 0.4) is 0 Å². The minimum atomic E-state index is -0.381. The lowest BCUT2D eigenvalue weighted by Gasteiger charge is -2.44. The molecule has 0 aromatic heterocycles. The van der Waals surface area contributed by atoms with Crippen LogP contribution in [-0.2, 0) is 0 Å². The molecule has 3 amide bonds. The number of hydrogen-bond donors (Lipinski definition) is 1. The first-order chi connectivity index (χ1) is 14.0. The number of nitrogens with one attached hydrogen (secondary N) is 1. The molecule has 29 heavy (non-hydrogen) atoms. The van der Waals surface area contributed by atoms with E-state index in [0.717, 1.165) is 36.3 Å². The lowest BCUT2D eigenvalue weighted by molar-refractivity contribution is 0.0585. The number of urea groups is 1. The Balaban J connectivity index is 1.43. The summed E-state index contributed by atoms with van der Waals surface area (Å²) < 4.78 is 13.3. The van der Waals surface area contributed by atoms with Crippen molar-refractivity contribution < 1.29 is 14.0 Å². The fraction of sp³-hybridized carbons (Fsp3) is 0.364. The number of likely N-dealkylation sites (tertiary alicyclic amines) is 1. The number of amides is 3. The highest BCUT2D eigenvalue weighted by Crippen LogP contribution is 2.44. The van der Waals surface area contributed by atoms with Gasteiger partial charge in [0.25, 0.3) is 5.91 Å². The normalized spacial score (nSPS) is 18.1. The number of halogens is 1. The highest BCUT2D eigenvalue weighted by atomic mass is 32.2. The number of rotatable bonds is 2. The van der Waals surface area contributed by atoms with Gasteiger partial charge in [0.1, 0.15) is 5.82 Å². The molecule has 1 N–H and O–H groups in total. The number of piperidine rings is 1. The van der Waals surface area contributed by atoms with E-state index in [-0.39, 0.29) is 22.6 Å². The molecule has 7 heteroatoms. The average Bonchev–Trinajstić information content (AvgIpc) is 3.11. The Kier molecular flexibility index (Phi) is 5.50. The van der Waals surface area contributed by atoms with Crippen LogP contribution in [0.1, 0.15) is 28.8 Å². The summed E-state index contributed by atoms with van der Waals surface area (Å²) in [5.41, 5.74) is 2.18. The zero-order chi connectivity index (χ0) is 20.4. The lowest BCUT2D eigenvalue weighted by atomic mass is 10.00. The SMILES string of the molecule is Cc1ccccc1C(=O)N1CCSC12CCN(C(=O)Nc1cccc(F)c1)CC2. The van der Waals surface area contributed by atoms with Crippen molar-refractivity contribution in [1.82, 2.24) is 9.80 Å². The summed E-state index contributed by atoms with van der Waals surface area (Å²) >= 11 is 1.82. The van der Waals surface area contributed by atoms with Crippen LogP contribution in [0.15, 0.2) is 48.5 Å². The molecule has 2 aromatic rings. The van der Waals surface area contributed by atoms with E-state index in [2.05, 4.69) is 5.32 Å². The molecule has 2 aliphatic heterocycles. The zero-order valence-corrected chi connectivity index (χ0v) is 17.2. The topological polar surface area (TPSA) is 52.7 Å². The fourth-order valence-corrected chi connectivity index (χ4v) is 5.55. The summed E-state index contributed by atoms with van der Waals surface area (Å²) in [4.78, 5) is 29.3. The Morgan fingerprint density at radius 2 is 1.83 bits per heavy atom.